The maximum Gasteiger partial charge on any atom is 0.319 e. The molecule has 1 aromatic carbocycles. The number of anilines is 1. The van der Waals surface area contributed by atoms with E-state index < -0.39 is 0 Å². The molecular formula is C17H19N3O2S. The number of carbonyl (C=O) groups excluding carboxylic acids is 1. The van der Waals surface area contributed by atoms with Gasteiger partial charge in [-0.3, -0.25) is 0 Å². The number of benzene rings is 1. The highest BCUT2D eigenvalue weighted by Crippen LogP contribution is 2.41. The normalized spacial score (nSPS) is 17.7. The van der Waals surface area contributed by atoms with Crippen molar-refractivity contribution >= 4 is 23.1 Å². The summed E-state index contributed by atoms with van der Waals surface area (Å²) in [5.41, 5.74) is 1.97. The fourth-order valence-electron chi connectivity index (χ4n) is 2.95. The van der Waals surface area contributed by atoms with Crippen LogP contribution in [0.2, 0.25) is 0 Å². The average molecular weight is 329 g/mol. The summed E-state index contributed by atoms with van der Waals surface area (Å²) in [6.07, 6.45) is 6.12. The van der Waals surface area contributed by atoms with E-state index in [2.05, 4.69) is 15.6 Å². The summed E-state index contributed by atoms with van der Waals surface area (Å²) >= 11 is 1.60. The molecule has 6 heteroatoms. The second-order valence-electron chi connectivity index (χ2n) is 6.06. The Morgan fingerprint density at radius 1 is 1.39 bits per heavy atom. The van der Waals surface area contributed by atoms with Gasteiger partial charge < -0.3 is 15.4 Å². The number of nitrogens with one attached hydrogen (secondary N) is 2. The number of hydrogen-bond donors (Lipinski definition) is 2. The van der Waals surface area contributed by atoms with Crippen LogP contribution in [-0.2, 0) is 6.42 Å². The summed E-state index contributed by atoms with van der Waals surface area (Å²) in [5.74, 6) is 1.45. The van der Waals surface area contributed by atoms with Gasteiger partial charge in [0.05, 0.1) is 12.6 Å². The van der Waals surface area contributed by atoms with Gasteiger partial charge in [0.2, 0.25) is 0 Å². The van der Waals surface area contributed by atoms with Crippen molar-refractivity contribution in [2.24, 2.45) is 5.92 Å². The van der Waals surface area contributed by atoms with Crippen LogP contribution in [-0.4, -0.2) is 17.6 Å². The van der Waals surface area contributed by atoms with Crippen LogP contribution in [0.3, 0.4) is 0 Å². The minimum Gasteiger partial charge on any atom is -0.493 e. The molecule has 4 rings (SSSR count). The largest absolute Gasteiger partial charge is 0.493 e. The van der Waals surface area contributed by atoms with E-state index in [1.165, 1.54) is 0 Å². The molecule has 0 saturated heterocycles. The van der Waals surface area contributed by atoms with Gasteiger partial charge in [-0.2, -0.15) is 0 Å². The Hall–Kier alpha value is -2.08. The van der Waals surface area contributed by atoms with Crippen LogP contribution in [0.25, 0.3) is 0 Å². The fraction of sp³-hybridized carbons (Fsp3) is 0.412. The van der Waals surface area contributed by atoms with Crippen LogP contribution in [0, 0.1) is 5.92 Å². The van der Waals surface area contributed by atoms with Crippen molar-refractivity contribution in [2.75, 3.05) is 11.9 Å². The molecule has 1 aliphatic heterocycles. The van der Waals surface area contributed by atoms with E-state index in [0.29, 0.717) is 5.92 Å². The molecule has 0 spiro atoms. The standard InChI is InChI=1S/C17H19N3O2S/c21-17(20-15(11-3-4-11)16-18-7-9-23-16)19-13-5-6-14-12(10-13)2-1-8-22-14/h5-7,9-11,15H,1-4,8H2,(H2,19,20,21)/t15-/m0/s1. The van der Waals surface area contributed by atoms with Crippen molar-refractivity contribution in [1.82, 2.24) is 10.3 Å². The minimum absolute atomic E-state index is 0.0240. The predicted octanol–water partition coefficient (Wildman–Crippen LogP) is 3.74. The topological polar surface area (TPSA) is 63.2 Å². The lowest BCUT2D eigenvalue weighted by Gasteiger charge is -2.19. The summed E-state index contributed by atoms with van der Waals surface area (Å²) in [6.45, 7) is 0.775. The molecule has 2 aliphatic rings. The zero-order valence-corrected chi connectivity index (χ0v) is 13.6. The number of carbonyl (C=O) groups is 1. The van der Waals surface area contributed by atoms with E-state index >= 15 is 0 Å². The molecule has 1 saturated carbocycles. The van der Waals surface area contributed by atoms with Crippen LogP contribution in [0.5, 0.6) is 5.75 Å². The number of ether oxygens (including phenoxy) is 1. The molecule has 5 nitrogen and oxygen atoms in total. The molecule has 2 amide bonds. The summed E-state index contributed by atoms with van der Waals surface area (Å²) in [5, 5.41) is 8.95. The van der Waals surface area contributed by atoms with E-state index in [4.69, 9.17) is 4.74 Å². The average Bonchev–Trinajstić information content (AvgIpc) is 3.26. The van der Waals surface area contributed by atoms with Gasteiger partial charge in [0, 0.05) is 17.3 Å². The van der Waals surface area contributed by atoms with E-state index in [1.807, 2.05) is 23.6 Å². The SMILES string of the molecule is O=C(Nc1ccc2c(c1)CCCO2)N[C@H](c1nccs1)C1CC1. The third-order valence-electron chi connectivity index (χ3n) is 4.26. The van der Waals surface area contributed by atoms with Crippen LogP contribution < -0.4 is 15.4 Å². The Bertz CT molecular complexity index is 698. The lowest BCUT2D eigenvalue weighted by Crippen LogP contribution is -2.33. The number of fused-ring (bicyclic) bond motifs is 1. The lowest BCUT2D eigenvalue weighted by molar-refractivity contribution is 0.247. The summed E-state index contributed by atoms with van der Waals surface area (Å²) in [6, 6.07) is 5.68. The quantitative estimate of drug-likeness (QED) is 0.898. The smallest absolute Gasteiger partial charge is 0.319 e. The first kappa shape index (κ1) is 14.5. The fourth-order valence-corrected chi connectivity index (χ4v) is 3.73. The number of aryl methyl sites for hydroxylation is 1. The van der Waals surface area contributed by atoms with Crippen LogP contribution in [0.1, 0.15) is 35.9 Å². The van der Waals surface area contributed by atoms with Gasteiger partial charge >= 0.3 is 6.03 Å². The molecule has 120 valence electrons. The van der Waals surface area contributed by atoms with E-state index in [1.54, 1.807) is 17.5 Å². The van der Waals surface area contributed by atoms with Crippen molar-refractivity contribution in [3.05, 3.63) is 40.3 Å². The maximum atomic E-state index is 12.3. The van der Waals surface area contributed by atoms with Crippen LogP contribution in [0.4, 0.5) is 10.5 Å². The van der Waals surface area contributed by atoms with Crippen molar-refractivity contribution in [3.63, 3.8) is 0 Å². The Balaban J connectivity index is 1.43. The van der Waals surface area contributed by atoms with E-state index in [0.717, 1.165) is 54.3 Å². The molecule has 1 fully saturated rings. The molecule has 0 unspecified atom stereocenters. The molecule has 1 aromatic heterocycles. The molecule has 2 aromatic rings. The number of hydrogen-bond acceptors (Lipinski definition) is 4. The number of rotatable bonds is 4. The Labute approximate surface area is 139 Å². The summed E-state index contributed by atoms with van der Waals surface area (Å²) in [4.78, 5) is 16.7. The van der Waals surface area contributed by atoms with Crippen molar-refractivity contribution in [2.45, 2.75) is 31.7 Å². The first-order valence-corrected chi connectivity index (χ1v) is 8.90. The minimum atomic E-state index is -0.172. The number of aromatic nitrogens is 1. The monoisotopic (exact) mass is 329 g/mol. The van der Waals surface area contributed by atoms with Gasteiger partial charge in [-0.25, -0.2) is 9.78 Å². The second-order valence-corrected chi connectivity index (χ2v) is 6.98. The van der Waals surface area contributed by atoms with Gasteiger partial charge in [0.15, 0.2) is 0 Å². The van der Waals surface area contributed by atoms with Gasteiger partial charge in [-0.15, -0.1) is 11.3 Å². The zero-order chi connectivity index (χ0) is 15.6. The Morgan fingerprint density at radius 3 is 3.09 bits per heavy atom. The van der Waals surface area contributed by atoms with Gasteiger partial charge in [0.1, 0.15) is 10.8 Å². The van der Waals surface area contributed by atoms with E-state index in [-0.39, 0.29) is 12.1 Å². The third kappa shape index (κ3) is 3.32. The zero-order valence-electron chi connectivity index (χ0n) is 12.7. The Kier molecular flexibility index (Phi) is 3.91. The molecule has 0 bridgehead atoms. The van der Waals surface area contributed by atoms with Crippen LogP contribution >= 0.6 is 11.3 Å². The van der Waals surface area contributed by atoms with E-state index in [9.17, 15) is 4.79 Å². The van der Waals surface area contributed by atoms with Gasteiger partial charge in [0.25, 0.3) is 0 Å². The van der Waals surface area contributed by atoms with Crippen molar-refractivity contribution < 1.29 is 9.53 Å². The predicted molar refractivity (Wildman–Crippen MR) is 90.0 cm³/mol. The second kappa shape index (κ2) is 6.20. The summed E-state index contributed by atoms with van der Waals surface area (Å²) < 4.78 is 5.60. The molecule has 2 heterocycles. The first-order valence-electron chi connectivity index (χ1n) is 8.02. The number of thiazole rings is 1. The Morgan fingerprint density at radius 2 is 2.30 bits per heavy atom. The number of urea groups is 1. The van der Waals surface area contributed by atoms with Crippen molar-refractivity contribution in [1.29, 1.82) is 0 Å². The highest BCUT2D eigenvalue weighted by atomic mass is 32.1. The summed E-state index contributed by atoms with van der Waals surface area (Å²) in [7, 11) is 0. The number of nitrogens with zero attached hydrogens (tertiary/aromatic N) is 1. The van der Waals surface area contributed by atoms with Crippen molar-refractivity contribution in [3.8, 4) is 5.75 Å². The molecular weight excluding hydrogens is 310 g/mol. The molecule has 0 radical (unpaired) electrons. The highest BCUT2D eigenvalue weighted by Gasteiger charge is 2.35. The first-order chi connectivity index (χ1) is 11.3. The van der Waals surface area contributed by atoms with Gasteiger partial charge in [-0.05, 0) is 55.4 Å². The van der Waals surface area contributed by atoms with Gasteiger partial charge in [-0.1, -0.05) is 0 Å². The number of amides is 2. The molecule has 23 heavy (non-hydrogen) atoms. The molecule has 1 aliphatic carbocycles. The maximum absolute atomic E-state index is 12.3. The lowest BCUT2D eigenvalue weighted by atomic mass is 10.1. The molecule has 2 N–H and O–H groups in total. The van der Waals surface area contributed by atoms with Crippen LogP contribution in [0.15, 0.2) is 29.8 Å². The molecule has 1 atom stereocenters. The third-order valence-corrected chi connectivity index (χ3v) is 5.12. The highest BCUT2D eigenvalue weighted by molar-refractivity contribution is 7.09.